The third kappa shape index (κ3) is 2.37. The summed E-state index contributed by atoms with van der Waals surface area (Å²) in [6.45, 7) is 3.42. The Kier molecular flexibility index (Phi) is 3.71. The van der Waals surface area contributed by atoms with Crippen LogP contribution < -0.4 is 4.74 Å². The van der Waals surface area contributed by atoms with E-state index in [1.807, 2.05) is 0 Å². The van der Waals surface area contributed by atoms with Gasteiger partial charge >= 0.3 is 0 Å². The number of ether oxygens (including phenoxy) is 1. The van der Waals surface area contributed by atoms with Gasteiger partial charge in [-0.2, -0.15) is 0 Å². The fourth-order valence-electron chi connectivity index (χ4n) is 2.58. The second-order valence-electron chi connectivity index (χ2n) is 5.48. The number of halogens is 2. The molecule has 1 amide bonds. The molecule has 0 spiro atoms. The summed E-state index contributed by atoms with van der Waals surface area (Å²) in [5, 5.41) is 0. The second-order valence-corrected chi connectivity index (χ2v) is 5.48. The van der Waals surface area contributed by atoms with Gasteiger partial charge in [0, 0.05) is 13.0 Å². The molecule has 1 aliphatic rings. The van der Waals surface area contributed by atoms with Crippen molar-refractivity contribution in [1.29, 1.82) is 0 Å². The molecule has 0 N–H and O–H groups in total. The smallest absolute Gasteiger partial charge is 0.277 e. The van der Waals surface area contributed by atoms with Gasteiger partial charge in [0.25, 0.3) is 5.92 Å². The van der Waals surface area contributed by atoms with Gasteiger partial charge in [-0.1, -0.05) is 26.0 Å². The van der Waals surface area contributed by atoms with Gasteiger partial charge in [0.2, 0.25) is 5.91 Å². The summed E-state index contributed by atoms with van der Waals surface area (Å²) in [5.41, 5.74) is 0.503. The molecular weight excluding hydrogens is 264 g/mol. The van der Waals surface area contributed by atoms with Crippen LogP contribution >= 0.6 is 0 Å². The van der Waals surface area contributed by atoms with E-state index in [2.05, 4.69) is 0 Å². The van der Waals surface area contributed by atoms with Crippen molar-refractivity contribution >= 4 is 5.91 Å². The van der Waals surface area contributed by atoms with Crippen LogP contribution in [0.1, 0.15) is 25.3 Å². The Morgan fingerprint density at radius 1 is 1.40 bits per heavy atom. The Labute approximate surface area is 117 Å². The van der Waals surface area contributed by atoms with E-state index < -0.39 is 17.9 Å². The number of rotatable bonds is 4. The SMILES string of the molecule is COc1cccc(C2C(N(C)C(=O)C(C)C)C2(F)F)c1. The first-order valence-electron chi connectivity index (χ1n) is 6.59. The van der Waals surface area contributed by atoms with Crippen LogP contribution in [0.2, 0.25) is 0 Å². The second kappa shape index (κ2) is 5.04. The molecule has 0 radical (unpaired) electrons. The summed E-state index contributed by atoms with van der Waals surface area (Å²) in [6, 6.07) is 5.58. The zero-order chi connectivity index (χ0) is 15.1. The fraction of sp³-hybridized carbons (Fsp3) is 0.533. The highest BCUT2D eigenvalue weighted by Crippen LogP contribution is 2.58. The summed E-state index contributed by atoms with van der Waals surface area (Å²) in [6.07, 6.45) is 0. The molecule has 2 unspecified atom stereocenters. The summed E-state index contributed by atoms with van der Waals surface area (Å²) in [4.78, 5) is 13.1. The predicted molar refractivity (Wildman–Crippen MR) is 72.1 cm³/mol. The number of alkyl halides is 2. The maximum atomic E-state index is 14.0. The molecule has 0 bridgehead atoms. The van der Waals surface area contributed by atoms with E-state index in [9.17, 15) is 13.6 Å². The number of hydrogen-bond acceptors (Lipinski definition) is 2. The number of likely N-dealkylation sites (N-methyl/N-ethyl adjacent to an activating group) is 1. The first-order valence-corrected chi connectivity index (χ1v) is 6.59. The minimum absolute atomic E-state index is 0.264. The Bertz CT molecular complexity index is 516. The fourth-order valence-corrected chi connectivity index (χ4v) is 2.58. The molecule has 5 heteroatoms. The molecule has 110 valence electrons. The third-order valence-corrected chi connectivity index (χ3v) is 3.73. The van der Waals surface area contributed by atoms with E-state index in [1.54, 1.807) is 38.1 Å². The van der Waals surface area contributed by atoms with E-state index in [0.29, 0.717) is 11.3 Å². The number of hydrogen-bond donors (Lipinski definition) is 0. The molecule has 20 heavy (non-hydrogen) atoms. The Morgan fingerprint density at radius 3 is 2.60 bits per heavy atom. The summed E-state index contributed by atoms with van der Waals surface area (Å²) < 4.78 is 33.1. The standard InChI is InChI=1S/C15H19F2NO2/c1-9(2)14(19)18(3)13-12(15(13,16)17)10-6-5-7-11(8-10)20-4/h5-9,12-13H,1-4H3. The van der Waals surface area contributed by atoms with Gasteiger partial charge in [-0.3, -0.25) is 4.79 Å². The number of carbonyl (C=O) groups is 1. The normalized spacial score (nSPS) is 23.6. The maximum absolute atomic E-state index is 14.0. The molecule has 1 saturated carbocycles. The largest absolute Gasteiger partial charge is 0.497 e. The van der Waals surface area contributed by atoms with E-state index >= 15 is 0 Å². The molecule has 0 saturated heterocycles. The lowest BCUT2D eigenvalue weighted by atomic mass is 10.1. The van der Waals surface area contributed by atoms with Crippen LogP contribution in [-0.2, 0) is 4.79 Å². The first kappa shape index (κ1) is 14.8. The molecular formula is C15H19F2NO2. The van der Waals surface area contributed by atoms with Crippen LogP contribution in [0.3, 0.4) is 0 Å². The molecule has 3 nitrogen and oxygen atoms in total. The highest BCUT2D eigenvalue weighted by molar-refractivity contribution is 5.79. The number of amides is 1. The number of benzene rings is 1. The minimum Gasteiger partial charge on any atom is -0.497 e. The van der Waals surface area contributed by atoms with Gasteiger partial charge in [0.1, 0.15) is 11.8 Å². The number of methoxy groups -OCH3 is 1. The van der Waals surface area contributed by atoms with Crippen molar-refractivity contribution in [3.05, 3.63) is 29.8 Å². The van der Waals surface area contributed by atoms with E-state index in [-0.39, 0.29) is 11.8 Å². The molecule has 2 atom stereocenters. The monoisotopic (exact) mass is 283 g/mol. The van der Waals surface area contributed by atoms with E-state index in [4.69, 9.17) is 4.74 Å². The quantitative estimate of drug-likeness (QED) is 0.850. The molecule has 0 aliphatic heterocycles. The lowest BCUT2D eigenvalue weighted by molar-refractivity contribution is -0.135. The molecule has 0 aromatic heterocycles. The van der Waals surface area contributed by atoms with Crippen LogP contribution in [0.4, 0.5) is 8.78 Å². The van der Waals surface area contributed by atoms with Crippen LogP contribution in [0.25, 0.3) is 0 Å². The van der Waals surface area contributed by atoms with Crippen LogP contribution in [0.15, 0.2) is 24.3 Å². The van der Waals surface area contributed by atoms with Gasteiger partial charge in [0.15, 0.2) is 0 Å². The highest BCUT2D eigenvalue weighted by Gasteiger charge is 2.71. The molecule has 1 aliphatic carbocycles. The predicted octanol–water partition coefficient (Wildman–Crippen LogP) is 2.91. The summed E-state index contributed by atoms with van der Waals surface area (Å²) in [5.74, 6) is -3.85. The van der Waals surface area contributed by atoms with Crippen LogP contribution in [0, 0.1) is 5.92 Å². The summed E-state index contributed by atoms with van der Waals surface area (Å²) in [7, 11) is 2.94. The molecule has 1 aromatic rings. The number of carbonyl (C=O) groups excluding carboxylic acids is 1. The van der Waals surface area contributed by atoms with E-state index in [0.717, 1.165) is 0 Å². The van der Waals surface area contributed by atoms with Crippen molar-refractivity contribution in [2.45, 2.75) is 31.7 Å². The molecule has 0 heterocycles. The van der Waals surface area contributed by atoms with E-state index in [1.165, 1.54) is 19.1 Å². The Hall–Kier alpha value is -1.65. The topological polar surface area (TPSA) is 29.5 Å². The van der Waals surface area contributed by atoms with Crippen molar-refractivity contribution in [3.8, 4) is 5.75 Å². The summed E-state index contributed by atoms with van der Waals surface area (Å²) >= 11 is 0. The van der Waals surface area contributed by atoms with Crippen molar-refractivity contribution < 1.29 is 18.3 Å². The van der Waals surface area contributed by atoms with Crippen molar-refractivity contribution in [2.24, 2.45) is 5.92 Å². The third-order valence-electron chi connectivity index (χ3n) is 3.73. The van der Waals surface area contributed by atoms with Gasteiger partial charge in [-0.15, -0.1) is 0 Å². The van der Waals surface area contributed by atoms with Crippen molar-refractivity contribution in [3.63, 3.8) is 0 Å². The average Bonchev–Trinajstić information content (AvgIpc) is 2.99. The van der Waals surface area contributed by atoms with Gasteiger partial charge in [0.05, 0.1) is 13.0 Å². The van der Waals surface area contributed by atoms with Crippen LogP contribution in [0.5, 0.6) is 5.75 Å². The van der Waals surface area contributed by atoms with Crippen molar-refractivity contribution in [2.75, 3.05) is 14.2 Å². The minimum atomic E-state index is -2.88. The lowest BCUT2D eigenvalue weighted by Gasteiger charge is -2.19. The first-order chi connectivity index (χ1) is 9.30. The van der Waals surface area contributed by atoms with Gasteiger partial charge in [-0.05, 0) is 17.7 Å². The van der Waals surface area contributed by atoms with Gasteiger partial charge < -0.3 is 9.64 Å². The molecule has 2 rings (SSSR count). The molecule has 1 fully saturated rings. The Balaban J connectivity index is 2.23. The zero-order valence-corrected chi connectivity index (χ0v) is 12.1. The van der Waals surface area contributed by atoms with Gasteiger partial charge in [-0.25, -0.2) is 8.78 Å². The van der Waals surface area contributed by atoms with Crippen LogP contribution in [-0.4, -0.2) is 36.9 Å². The Morgan fingerprint density at radius 2 is 2.05 bits per heavy atom. The number of nitrogens with zero attached hydrogens (tertiary/aromatic N) is 1. The zero-order valence-electron chi connectivity index (χ0n) is 12.1. The lowest BCUT2D eigenvalue weighted by Crippen LogP contribution is -2.35. The van der Waals surface area contributed by atoms with Crippen molar-refractivity contribution in [1.82, 2.24) is 4.90 Å². The highest BCUT2D eigenvalue weighted by atomic mass is 19.3. The average molecular weight is 283 g/mol. The molecule has 1 aromatic carbocycles. The maximum Gasteiger partial charge on any atom is 0.277 e.